The number of hydrogen-bond acceptors (Lipinski definition) is 8. The molecule has 1 aromatic heterocycles. The molecule has 224 valence electrons. The second-order valence-electron chi connectivity index (χ2n) is 8.10. The van der Waals surface area contributed by atoms with Crippen molar-refractivity contribution in [3.05, 3.63) is 83.7 Å². The van der Waals surface area contributed by atoms with E-state index in [-0.39, 0.29) is 11.5 Å². The average molecular weight is 591 g/mol. The number of hydrogen-bond donors (Lipinski definition) is 6. The van der Waals surface area contributed by atoms with E-state index in [0.717, 1.165) is 0 Å². The molecule has 2 aromatic carbocycles. The van der Waals surface area contributed by atoms with Crippen molar-refractivity contribution in [1.82, 2.24) is 15.8 Å². The van der Waals surface area contributed by atoms with Crippen molar-refractivity contribution in [1.29, 1.82) is 5.41 Å². The number of nitrogens with zero attached hydrogens (tertiary/aromatic N) is 1. The average Bonchev–Trinajstić information content (AvgIpc) is 2.96. The number of rotatable bonds is 10. The number of amidine groups is 1. The maximum atomic E-state index is 13.2. The number of carboxylic acid groups (broad SMARTS) is 1. The summed E-state index contributed by atoms with van der Waals surface area (Å²) in [6.07, 6.45) is -3.60. The molecule has 0 aliphatic heterocycles. The van der Waals surface area contributed by atoms with Crippen molar-refractivity contribution in [2.45, 2.75) is 26.1 Å². The predicted molar refractivity (Wildman–Crippen MR) is 146 cm³/mol. The Bertz CT molecular complexity index is 1370. The summed E-state index contributed by atoms with van der Waals surface area (Å²) in [6, 6.07) is 16.0. The van der Waals surface area contributed by atoms with Crippen LogP contribution < -0.4 is 31.4 Å². The Morgan fingerprint density at radius 2 is 1.60 bits per heavy atom. The zero-order chi connectivity index (χ0) is 31.3. The van der Waals surface area contributed by atoms with Crippen LogP contribution in [0.25, 0.3) is 0 Å². The minimum absolute atomic E-state index is 0.0593. The Hall–Kier alpha value is -5.34. The third-order valence-corrected chi connectivity index (χ3v) is 5.11. The Morgan fingerprint density at radius 1 is 0.976 bits per heavy atom. The van der Waals surface area contributed by atoms with Crippen LogP contribution in [-0.4, -0.2) is 53.1 Å². The summed E-state index contributed by atoms with van der Waals surface area (Å²) in [5.74, 6) is -2.83. The standard InChI is InChI=1S/C25H28N6O4.C2HF3O2/c1-3-34-20-13-10-17(15-21(20)35-4-2)22(29-18-11-8-16(9-12-18)23(26)27)25(33)31-30-24(32)19-7-5-6-14-28-19;3-2(4,5)1(6)7/h5-15,22,29H,3-4H2,1-2H3,(H3,26,27)(H,30,32)(H,31,33);(H,6,7). The van der Waals surface area contributed by atoms with Crippen LogP contribution in [-0.2, 0) is 9.59 Å². The SMILES string of the molecule is CCOc1ccc(C(Nc2ccc(C(=N)N)cc2)C(=O)NNC(=O)c2ccccn2)cc1OCC.O=C(O)C(F)(F)F. The van der Waals surface area contributed by atoms with Gasteiger partial charge in [-0.3, -0.25) is 30.8 Å². The first-order chi connectivity index (χ1) is 19.9. The van der Waals surface area contributed by atoms with Crippen molar-refractivity contribution < 1.29 is 42.1 Å². The van der Waals surface area contributed by atoms with Crippen LogP contribution in [0.3, 0.4) is 0 Å². The number of carbonyl (C=O) groups excluding carboxylic acids is 2. The molecule has 0 saturated heterocycles. The topological polar surface area (TPSA) is 189 Å². The first-order valence-corrected chi connectivity index (χ1v) is 12.3. The summed E-state index contributed by atoms with van der Waals surface area (Å²) in [4.78, 5) is 38.4. The van der Waals surface area contributed by atoms with Crippen molar-refractivity contribution in [3.8, 4) is 11.5 Å². The highest BCUT2D eigenvalue weighted by Gasteiger charge is 2.38. The van der Waals surface area contributed by atoms with Gasteiger partial charge >= 0.3 is 12.1 Å². The second-order valence-corrected chi connectivity index (χ2v) is 8.10. The van der Waals surface area contributed by atoms with Gasteiger partial charge in [0.1, 0.15) is 17.6 Å². The molecule has 0 aliphatic carbocycles. The van der Waals surface area contributed by atoms with Crippen molar-refractivity contribution in [3.63, 3.8) is 0 Å². The number of pyridine rings is 1. The largest absolute Gasteiger partial charge is 0.490 e. The van der Waals surface area contributed by atoms with E-state index < -0.39 is 30.0 Å². The van der Waals surface area contributed by atoms with Crippen LogP contribution in [0.4, 0.5) is 18.9 Å². The summed E-state index contributed by atoms with van der Waals surface area (Å²) in [7, 11) is 0. The number of anilines is 1. The van der Waals surface area contributed by atoms with Gasteiger partial charge in [-0.1, -0.05) is 12.1 Å². The molecule has 3 aromatic rings. The molecule has 12 nitrogen and oxygen atoms in total. The van der Waals surface area contributed by atoms with E-state index in [4.69, 9.17) is 30.5 Å². The number of carbonyl (C=O) groups is 3. The predicted octanol–water partition coefficient (Wildman–Crippen LogP) is 3.41. The van der Waals surface area contributed by atoms with Crippen LogP contribution in [0.15, 0.2) is 66.9 Å². The second kappa shape index (κ2) is 15.4. The van der Waals surface area contributed by atoms with Gasteiger partial charge in [0.05, 0.1) is 13.2 Å². The van der Waals surface area contributed by atoms with Gasteiger partial charge in [-0.2, -0.15) is 13.2 Å². The number of benzene rings is 2. The van der Waals surface area contributed by atoms with E-state index in [0.29, 0.717) is 41.5 Å². The van der Waals surface area contributed by atoms with E-state index in [1.54, 1.807) is 54.6 Å². The normalized spacial score (nSPS) is 11.2. The first-order valence-electron chi connectivity index (χ1n) is 12.3. The lowest BCUT2D eigenvalue weighted by atomic mass is 10.0. The van der Waals surface area contributed by atoms with Gasteiger partial charge in [-0.05, 0) is 67.9 Å². The molecule has 0 saturated carbocycles. The highest BCUT2D eigenvalue weighted by molar-refractivity contribution is 5.96. The van der Waals surface area contributed by atoms with Gasteiger partial charge in [0, 0.05) is 17.4 Å². The molecule has 7 N–H and O–H groups in total. The number of aliphatic carboxylic acids is 1. The maximum absolute atomic E-state index is 13.2. The van der Waals surface area contributed by atoms with E-state index >= 15 is 0 Å². The van der Waals surface area contributed by atoms with Gasteiger partial charge in [0.25, 0.3) is 11.8 Å². The van der Waals surface area contributed by atoms with E-state index in [1.165, 1.54) is 12.3 Å². The van der Waals surface area contributed by atoms with Gasteiger partial charge in [0.2, 0.25) is 0 Å². The number of hydrazine groups is 1. The van der Waals surface area contributed by atoms with Gasteiger partial charge < -0.3 is 25.6 Å². The number of nitrogens with one attached hydrogen (secondary N) is 4. The zero-order valence-corrected chi connectivity index (χ0v) is 22.5. The lowest BCUT2D eigenvalue weighted by Gasteiger charge is -2.22. The molecule has 0 fully saturated rings. The summed E-state index contributed by atoms with van der Waals surface area (Å²) >= 11 is 0. The molecule has 42 heavy (non-hydrogen) atoms. The molecule has 0 spiro atoms. The van der Waals surface area contributed by atoms with Crippen LogP contribution in [0.1, 0.15) is 41.5 Å². The molecular weight excluding hydrogens is 561 g/mol. The number of alkyl halides is 3. The molecule has 0 radical (unpaired) electrons. The Labute approximate surface area is 238 Å². The number of amides is 2. The number of nitrogen functional groups attached to an aromatic ring is 1. The smallest absolute Gasteiger partial charge is 0.490 e. The number of halogens is 3. The Kier molecular flexibility index (Phi) is 12.1. The first kappa shape index (κ1) is 32.9. The number of nitrogens with two attached hydrogens (primary N) is 1. The lowest BCUT2D eigenvalue weighted by molar-refractivity contribution is -0.192. The fourth-order valence-corrected chi connectivity index (χ4v) is 3.21. The van der Waals surface area contributed by atoms with Gasteiger partial charge in [-0.15, -0.1) is 0 Å². The molecule has 3 rings (SSSR count). The van der Waals surface area contributed by atoms with Gasteiger partial charge in [0.15, 0.2) is 11.5 Å². The van der Waals surface area contributed by atoms with Crippen molar-refractivity contribution in [2.24, 2.45) is 5.73 Å². The molecule has 15 heteroatoms. The monoisotopic (exact) mass is 590 g/mol. The van der Waals surface area contributed by atoms with Crippen LogP contribution >= 0.6 is 0 Å². The third-order valence-electron chi connectivity index (χ3n) is 5.11. The Balaban J connectivity index is 0.000000782. The molecule has 2 amide bonds. The number of carboxylic acids is 1. The third kappa shape index (κ3) is 10.0. The molecular formula is C27H29F3N6O6. The quantitative estimate of drug-likeness (QED) is 0.117. The summed E-state index contributed by atoms with van der Waals surface area (Å²) in [6.45, 7) is 4.61. The van der Waals surface area contributed by atoms with Gasteiger partial charge in [-0.25, -0.2) is 4.79 Å². The molecule has 1 unspecified atom stereocenters. The van der Waals surface area contributed by atoms with E-state index in [9.17, 15) is 22.8 Å². The van der Waals surface area contributed by atoms with Crippen molar-refractivity contribution in [2.75, 3.05) is 18.5 Å². The van der Waals surface area contributed by atoms with E-state index in [1.807, 2.05) is 13.8 Å². The van der Waals surface area contributed by atoms with Crippen LogP contribution in [0.2, 0.25) is 0 Å². The van der Waals surface area contributed by atoms with Crippen LogP contribution in [0, 0.1) is 5.41 Å². The van der Waals surface area contributed by atoms with Crippen molar-refractivity contribution >= 4 is 29.3 Å². The van der Waals surface area contributed by atoms with E-state index in [2.05, 4.69) is 21.2 Å². The maximum Gasteiger partial charge on any atom is 0.490 e. The lowest BCUT2D eigenvalue weighted by Crippen LogP contribution is -2.45. The number of ether oxygens (including phenoxy) is 2. The summed E-state index contributed by atoms with van der Waals surface area (Å²) in [5.41, 5.74) is 12.3. The highest BCUT2D eigenvalue weighted by Crippen LogP contribution is 2.32. The van der Waals surface area contributed by atoms with Crippen LogP contribution in [0.5, 0.6) is 11.5 Å². The summed E-state index contributed by atoms with van der Waals surface area (Å²) in [5, 5.41) is 17.8. The summed E-state index contributed by atoms with van der Waals surface area (Å²) < 4.78 is 43.1. The molecule has 1 atom stereocenters. The molecule has 0 bridgehead atoms. The molecule has 0 aliphatic rings. The highest BCUT2D eigenvalue weighted by atomic mass is 19.4. The molecule has 1 heterocycles. The fraction of sp³-hybridized carbons (Fsp3) is 0.222. The minimum Gasteiger partial charge on any atom is -0.490 e. The Morgan fingerprint density at radius 3 is 2.12 bits per heavy atom. The zero-order valence-electron chi connectivity index (χ0n) is 22.5. The minimum atomic E-state index is -5.08. The fourth-order valence-electron chi connectivity index (χ4n) is 3.21. The number of aromatic nitrogens is 1.